The van der Waals surface area contributed by atoms with E-state index in [4.69, 9.17) is 4.55 Å². The van der Waals surface area contributed by atoms with Crippen molar-refractivity contribution in [2.45, 2.75) is 51.5 Å². The van der Waals surface area contributed by atoms with Crippen LogP contribution in [0.1, 0.15) is 62.9 Å². The quantitative estimate of drug-likeness (QED) is 0.572. The molecule has 0 radical (unpaired) electrons. The molecule has 162 valence electrons. The largest absolute Gasteiger partial charge is 0.369 e. The molecule has 8 heteroatoms. The molecule has 0 spiro atoms. The first kappa shape index (κ1) is 22.4. The van der Waals surface area contributed by atoms with Gasteiger partial charge in [0.1, 0.15) is 11.7 Å². The van der Waals surface area contributed by atoms with Crippen molar-refractivity contribution in [3.8, 4) is 0 Å². The van der Waals surface area contributed by atoms with Crippen LogP contribution in [0.15, 0.2) is 36.5 Å². The molecule has 6 nitrogen and oxygen atoms in total. The van der Waals surface area contributed by atoms with E-state index >= 15 is 0 Å². The summed E-state index contributed by atoms with van der Waals surface area (Å²) in [6.45, 7) is 8.15. The smallest absolute Gasteiger partial charge is 0.224 e. The van der Waals surface area contributed by atoms with Crippen LogP contribution < -0.4 is 10.6 Å². The Morgan fingerprint density at radius 3 is 2.63 bits per heavy atom. The van der Waals surface area contributed by atoms with Gasteiger partial charge in [-0.3, -0.25) is 9.78 Å². The first-order chi connectivity index (χ1) is 14.1. The summed E-state index contributed by atoms with van der Waals surface area (Å²) in [6, 6.07) is 8.24. The Labute approximate surface area is 179 Å². The molecule has 1 fully saturated rings. The van der Waals surface area contributed by atoms with Crippen LogP contribution in [0.4, 0.5) is 10.1 Å². The molecule has 1 saturated carbocycles. The lowest BCUT2D eigenvalue weighted by molar-refractivity contribution is -0.123. The molecule has 2 aromatic rings. The Hall–Kier alpha value is -2.32. The third kappa shape index (κ3) is 5.43. The number of benzene rings is 1. The number of amides is 1. The Morgan fingerprint density at radius 2 is 2.07 bits per heavy atom. The summed E-state index contributed by atoms with van der Waals surface area (Å²) in [6.07, 6.45) is 2.65. The lowest BCUT2D eigenvalue weighted by Gasteiger charge is -2.18. The molecule has 0 aliphatic heterocycles. The van der Waals surface area contributed by atoms with E-state index in [0.717, 1.165) is 17.7 Å². The maximum absolute atomic E-state index is 14.2. The molecule has 1 aliphatic carbocycles. The molecule has 0 saturated heterocycles. The minimum absolute atomic E-state index is 0.0101. The van der Waals surface area contributed by atoms with Crippen LogP contribution in [0, 0.1) is 11.7 Å². The van der Waals surface area contributed by atoms with Gasteiger partial charge in [0.25, 0.3) is 0 Å². The SMILES string of the molecule is C[C@@H](NC(=O)C1CC1c1ccc(C(C)(C)C)nc1)c1ccc(NCS(=O)O)c(F)c1. The molecule has 30 heavy (non-hydrogen) atoms. The number of halogens is 1. The number of carbonyl (C=O) groups is 1. The predicted octanol–water partition coefficient (Wildman–Crippen LogP) is 4.09. The molecule has 1 aromatic carbocycles. The number of nitrogens with one attached hydrogen (secondary N) is 2. The van der Waals surface area contributed by atoms with E-state index in [-0.39, 0.29) is 40.8 Å². The Kier molecular flexibility index (Phi) is 6.57. The Balaban J connectivity index is 1.57. The van der Waals surface area contributed by atoms with Gasteiger partial charge in [0.15, 0.2) is 11.1 Å². The van der Waals surface area contributed by atoms with Crippen molar-refractivity contribution in [2.75, 3.05) is 11.2 Å². The molecular formula is C22H28FN3O3S. The maximum Gasteiger partial charge on any atom is 0.224 e. The van der Waals surface area contributed by atoms with Crippen LogP contribution >= 0.6 is 0 Å². The van der Waals surface area contributed by atoms with Gasteiger partial charge in [-0.2, -0.15) is 0 Å². The summed E-state index contributed by atoms with van der Waals surface area (Å²) in [5.74, 6) is -0.766. The molecule has 3 rings (SSSR count). The second-order valence-electron chi connectivity index (χ2n) is 8.79. The number of nitrogens with zero attached hydrogens (tertiary/aromatic N) is 1. The number of rotatable bonds is 7. The minimum atomic E-state index is -2.06. The normalized spacial score (nSPS) is 20.3. The Bertz CT molecular complexity index is 944. The monoisotopic (exact) mass is 433 g/mol. The van der Waals surface area contributed by atoms with Crippen molar-refractivity contribution in [3.63, 3.8) is 0 Å². The van der Waals surface area contributed by atoms with E-state index in [2.05, 4.69) is 42.5 Å². The molecule has 1 amide bonds. The minimum Gasteiger partial charge on any atom is -0.369 e. The van der Waals surface area contributed by atoms with Gasteiger partial charge in [-0.05, 0) is 48.6 Å². The van der Waals surface area contributed by atoms with Crippen molar-refractivity contribution in [2.24, 2.45) is 5.92 Å². The lowest BCUT2D eigenvalue weighted by atomic mass is 9.91. The fourth-order valence-electron chi connectivity index (χ4n) is 3.41. The highest BCUT2D eigenvalue weighted by atomic mass is 32.2. The highest BCUT2D eigenvalue weighted by Gasteiger charge is 2.44. The zero-order valence-electron chi connectivity index (χ0n) is 17.6. The van der Waals surface area contributed by atoms with Crippen LogP contribution in [0.3, 0.4) is 0 Å². The third-order valence-electron chi connectivity index (χ3n) is 5.35. The first-order valence-electron chi connectivity index (χ1n) is 9.94. The molecule has 1 heterocycles. The topological polar surface area (TPSA) is 91.3 Å². The number of pyridine rings is 1. The van der Waals surface area contributed by atoms with E-state index in [0.29, 0.717) is 5.56 Å². The van der Waals surface area contributed by atoms with Crippen LogP contribution in [-0.4, -0.2) is 25.5 Å². The predicted molar refractivity (Wildman–Crippen MR) is 116 cm³/mol. The van der Waals surface area contributed by atoms with Crippen molar-refractivity contribution >= 4 is 22.7 Å². The van der Waals surface area contributed by atoms with Crippen molar-refractivity contribution < 1.29 is 17.9 Å². The van der Waals surface area contributed by atoms with Crippen molar-refractivity contribution in [1.82, 2.24) is 10.3 Å². The zero-order valence-corrected chi connectivity index (χ0v) is 18.4. The van der Waals surface area contributed by atoms with E-state index in [1.54, 1.807) is 13.0 Å². The van der Waals surface area contributed by atoms with Gasteiger partial charge < -0.3 is 15.2 Å². The Morgan fingerprint density at radius 1 is 1.33 bits per heavy atom. The average molecular weight is 434 g/mol. The number of aromatic nitrogens is 1. The van der Waals surface area contributed by atoms with E-state index in [9.17, 15) is 13.4 Å². The molecule has 3 unspecified atom stereocenters. The standard InChI is InChI=1S/C22H28FN3O3S/c1-13(14-5-7-19(18(23)9-14)25-12-30(28)29)26-21(27)17-10-16(17)15-6-8-20(24-11-15)22(2,3)4/h5-9,11,13,16-17,25H,10,12H2,1-4H3,(H,26,27)(H,28,29)/t13-,16?,17?/m1/s1. The summed E-state index contributed by atoms with van der Waals surface area (Å²) in [5.41, 5.74) is 2.85. The van der Waals surface area contributed by atoms with Gasteiger partial charge in [0.05, 0.1) is 11.7 Å². The van der Waals surface area contributed by atoms with Crippen LogP contribution in [0.2, 0.25) is 0 Å². The van der Waals surface area contributed by atoms with Gasteiger partial charge in [-0.15, -0.1) is 0 Å². The van der Waals surface area contributed by atoms with Gasteiger partial charge in [-0.1, -0.05) is 32.9 Å². The molecule has 3 N–H and O–H groups in total. The van der Waals surface area contributed by atoms with Crippen LogP contribution in [0.5, 0.6) is 0 Å². The average Bonchev–Trinajstić information content (AvgIpc) is 3.47. The summed E-state index contributed by atoms with van der Waals surface area (Å²) in [4.78, 5) is 17.2. The zero-order chi connectivity index (χ0) is 22.1. The van der Waals surface area contributed by atoms with Gasteiger partial charge >= 0.3 is 0 Å². The van der Waals surface area contributed by atoms with Gasteiger partial charge in [-0.25, -0.2) is 8.60 Å². The number of hydrogen-bond acceptors (Lipinski definition) is 4. The molecular weight excluding hydrogens is 405 g/mol. The van der Waals surface area contributed by atoms with Crippen molar-refractivity contribution in [1.29, 1.82) is 0 Å². The summed E-state index contributed by atoms with van der Waals surface area (Å²) < 4.78 is 33.7. The van der Waals surface area contributed by atoms with Gasteiger partial charge in [0.2, 0.25) is 5.91 Å². The third-order valence-corrected chi connectivity index (χ3v) is 5.74. The number of carbonyl (C=O) groups excluding carboxylic acids is 1. The second kappa shape index (κ2) is 8.81. The number of hydrogen-bond donors (Lipinski definition) is 3. The first-order valence-corrected chi connectivity index (χ1v) is 11.2. The highest BCUT2D eigenvalue weighted by molar-refractivity contribution is 7.79. The lowest BCUT2D eigenvalue weighted by Crippen LogP contribution is -2.28. The fraction of sp³-hybridized carbons (Fsp3) is 0.455. The van der Waals surface area contributed by atoms with Crippen molar-refractivity contribution in [3.05, 3.63) is 59.2 Å². The molecule has 1 aliphatic rings. The molecule has 1 aromatic heterocycles. The maximum atomic E-state index is 14.2. The molecule has 4 atom stereocenters. The molecule has 0 bridgehead atoms. The van der Waals surface area contributed by atoms with E-state index in [1.165, 1.54) is 12.1 Å². The highest BCUT2D eigenvalue weighted by Crippen LogP contribution is 2.47. The number of anilines is 1. The second-order valence-corrected chi connectivity index (χ2v) is 9.72. The van der Waals surface area contributed by atoms with E-state index < -0.39 is 16.9 Å². The fourth-order valence-corrected chi connectivity index (χ4v) is 3.69. The summed E-state index contributed by atoms with van der Waals surface area (Å²) >= 11 is -2.06. The van der Waals surface area contributed by atoms with Crippen LogP contribution in [0.25, 0.3) is 0 Å². The van der Waals surface area contributed by atoms with Crippen LogP contribution in [-0.2, 0) is 21.3 Å². The summed E-state index contributed by atoms with van der Waals surface area (Å²) in [5, 5.41) is 5.52. The van der Waals surface area contributed by atoms with Gasteiger partial charge in [0, 0.05) is 23.2 Å². The van der Waals surface area contributed by atoms with E-state index in [1.807, 2.05) is 12.3 Å². The summed E-state index contributed by atoms with van der Waals surface area (Å²) in [7, 11) is 0.